The van der Waals surface area contributed by atoms with Crippen molar-refractivity contribution < 1.29 is 4.79 Å². The van der Waals surface area contributed by atoms with Crippen molar-refractivity contribution in [2.24, 2.45) is 5.92 Å². The van der Waals surface area contributed by atoms with E-state index in [1.165, 1.54) is 30.8 Å². The predicted molar refractivity (Wildman–Crippen MR) is 69.7 cm³/mol. The molecule has 0 aromatic carbocycles. The summed E-state index contributed by atoms with van der Waals surface area (Å²) in [5.41, 5.74) is 0. The molecule has 0 radical (unpaired) electrons. The van der Waals surface area contributed by atoms with Gasteiger partial charge in [-0.15, -0.1) is 11.3 Å². The van der Waals surface area contributed by atoms with Crippen LogP contribution in [-0.2, 0) is 0 Å². The van der Waals surface area contributed by atoms with E-state index in [0.29, 0.717) is 15.3 Å². The third kappa shape index (κ3) is 2.49. The van der Waals surface area contributed by atoms with Crippen molar-refractivity contribution in [1.82, 2.24) is 10.2 Å². The average molecular weight is 271 g/mol. The Balaban J connectivity index is 1.62. The van der Waals surface area contributed by atoms with Gasteiger partial charge >= 0.3 is 0 Å². The molecule has 2 fully saturated rings. The van der Waals surface area contributed by atoms with E-state index in [-0.39, 0.29) is 5.91 Å². The average Bonchev–Trinajstić information content (AvgIpc) is 2.85. The predicted octanol–water partition coefficient (Wildman–Crippen LogP) is 2.23. The van der Waals surface area contributed by atoms with Crippen molar-refractivity contribution in [2.75, 3.05) is 19.6 Å². The Labute approximate surface area is 110 Å². The first-order valence-electron chi connectivity index (χ1n) is 5.99. The molecule has 2 saturated heterocycles. The second kappa shape index (κ2) is 4.59. The van der Waals surface area contributed by atoms with Crippen molar-refractivity contribution in [3.63, 3.8) is 0 Å². The maximum Gasteiger partial charge on any atom is 0.261 e. The highest BCUT2D eigenvalue weighted by molar-refractivity contribution is 7.17. The molecule has 3 nitrogen and oxygen atoms in total. The quantitative estimate of drug-likeness (QED) is 0.894. The van der Waals surface area contributed by atoms with Crippen molar-refractivity contribution in [1.29, 1.82) is 0 Å². The van der Waals surface area contributed by atoms with Gasteiger partial charge in [-0.05, 0) is 37.4 Å². The number of hydrogen-bond acceptors (Lipinski definition) is 3. The molecule has 0 saturated carbocycles. The number of nitrogens with zero attached hydrogens (tertiary/aromatic N) is 1. The number of hydrogen-bond donors (Lipinski definition) is 1. The van der Waals surface area contributed by atoms with Gasteiger partial charge < -0.3 is 10.2 Å². The molecule has 2 bridgehead atoms. The highest BCUT2D eigenvalue weighted by Gasteiger charge is 2.33. The molecule has 92 valence electrons. The molecule has 1 unspecified atom stereocenters. The van der Waals surface area contributed by atoms with Crippen LogP contribution in [0.4, 0.5) is 0 Å². The largest absolute Gasteiger partial charge is 0.347 e. The maximum absolute atomic E-state index is 12.0. The third-order valence-corrected chi connectivity index (χ3v) is 4.83. The number of fused-ring (bicyclic) bond motifs is 2. The fourth-order valence-corrected chi connectivity index (χ4v) is 3.80. The molecular formula is C12H15ClN2OS. The molecular weight excluding hydrogens is 256 g/mol. The SMILES string of the molecule is O=C(N[C@@H]1C[C@@H]2CCN(C2)C1)c1ccc(Cl)s1. The molecule has 2 aliphatic heterocycles. The molecule has 1 aromatic heterocycles. The Bertz CT molecular complexity index is 422. The first kappa shape index (κ1) is 11.5. The first-order valence-corrected chi connectivity index (χ1v) is 7.19. The standard InChI is InChI=1S/C12H15ClN2OS/c13-11-2-1-10(17-11)12(16)14-9-5-8-3-4-15(6-8)7-9/h1-2,8-9H,3-7H2,(H,14,16)/t8-,9+/m0/s1. The summed E-state index contributed by atoms with van der Waals surface area (Å²) in [6, 6.07) is 3.87. The zero-order valence-corrected chi connectivity index (χ0v) is 11.1. The molecule has 1 aromatic rings. The van der Waals surface area contributed by atoms with Gasteiger partial charge in [0.25, 0.3) is 5.91 Å². The lowest BCUT2D eigenvalue weighted by molar-refractivity contribution is 0.0913. The van der Waals surface area contributed by atoms with Crippen LogP contribution < -0.4 is 5.32 Å². The molecule has 0 aliphatic carbocycles. The van der Waals surface area contributed by atoms with E-state index in [9.17, 15) is 4.79 Å². The number of halogens is 1. The van der Waals surface area contributed by atoms with E-state index >= 15 is 0 Å². The Kier molecular flexibility index (Phi) is 3.11. The van der Waals surface area contributed by atoms with E-state index in [2.05, 4.69) is 10.2 Å². The molecule has 2 aliphatic rings. The summed E-state index contributed by atoms with van der Waals surface area (Å²) < 4.78 is 0.669. The van der Waals surface area contributed by atoms with Gasteiger partial charge in [0.15, 0.2) is 0 Å². The van der Waals surface area contributed by atoms with Crippen LogP contribution in [0.2, 0.25) is 4.34 Å². The lowest BCUT2D eigenvalue weighted by Crippen LogP contribution is -2.46. The minimum absolute atomic E-state index is 0.0226. The Morgan fingerprint density at radius 1 is 1.47 bits per heavy atom. The van der Waals surface area contributed by atoms with E-state index in [0.717, 1.165) is 18.9 Å². The molecule has 3 rings (SSSR count). The van der Waals surface area contributed by atoms with Crippen LogP contribution in [0.15, 0.2) is 12.1 Å². The van der Waals surface area contributed by atoms with Crippen molar-refractivity contribution in [3.05, 3.63) is 21.3 Å². The Morgan fingerprint density at radius 3 is 3.06 bits per heavy atom. The number of carbonyl (C=O) groups excluding carboxylic acids is 1. The Morgan fingerprint density at radius 2 is 2.35 bits per heavy atom. The molecule has 3 atom stereocenters. The number of amides is 1. The second-order valence-corrected chi connectivity index (χ2v) is 6.64. The zero-order valence-electron chi connectivity index (χ0n) is 9.49. The fraction of sp³-hybridized carbons (Fsp3) is 0.583. The van der Waals surface area contributed by atoms with Crippen LogP contribution in [0.3, 0.4) is 0 Å². The van der Waals surface area contributed by atoms with Gasteiger partial charge in [0.2, 0.25) is 0 Å². The van der Waals surface area contributed by atoms with Gasteiger partial charge in [-0.1, -0.05) is 11.6 Å². The molecule has 1 N–H and O–H groups in total. The van der Waals surface area contributed by atoms with E-state index in [1.54, 1.807) is 12.1 Å². The number of rotatable bonds is 2. The second-order valence-electron chi connectivity index (χ2n) is 4.92. The lowest BCUT2D eigenvalue weighted by Gasteiger charge is -2.30. The number of piperidine rings is 1. The summed E-state index contributed by atoms with van der Waals surface area (Å²) >= 11 is 7.18. The smallest absolute Gasteiger partial charge is 0.261 e. The molecule has 0 spiro atoms. The summed E-state index contributed by atoms with van der Waals surface area (Å²) in [6.07, 6.45) is 2.42. The minimum Gasteiger partial charge on any atom is -0.347 e. The van der Waals surface area contributed by atoms with Crippen LogP contribution in [0.5, 0.6) is 0 Å². The summed E-state index contributed by atoms with van der Waals surface area (Å²) in [7, 11) is 0. The van der Waals surface area contributed by atoms with Gasteiger partial charge in [0.1, 0.15) is 0 Å². The molecule has 1 amide bonds. The van der Waals surface area contributed by atoms with E-state index in [1.807, 2.05) is 0 Å². The normalized spacial score (nSPS) is 31.5. The maximum atomic E-state index is 12.0. The molecule has 5 heteroatoms. The van der Waals surface area contributed by atoms with Crippen LogP contribution in [-0.4, -0.2) is 36.5 Å². The highest BCUT2D eigenvalue weighted by Crippen LogP contribution is 2.27. The summed E-state index contributed by atoms with van der Waals surface area (Å²) in [5, 5.41) is 3.12. The van der Waals surface area contributed by atoms with E-state index in [4.69, 9.17) is 11.6 Å². The molecule has 3 heterocycles. The van der Waals surface area contributed by atoms with Crippen LogP contribution in [0.25, 0.3) is 0 Å². The topological polar surface area (TPSA) is 32.3 Å². The van der Waals surface area contributed by atoms with Gasteiger partial charge in [-0.25, -0.2) is 0 Å². The summed E-state index contributed by atoms with van der Waals surface area (Å²) in [6.45, 7) is 3.42. The third-order valence-electron chi connectivity index (χ3n) is 3.60. The fourth-order valence-electron chi connectivity index (χ4n) is 2.86. The van der Waals surface area contributed by atoms with Gasteiger partial charge in [-0.3, -0.25) is 4.79 Å². The van der Waals surface area contributed by atoms with Crippen LogP contribution in [0, 0.1) is 5.92 Å². The first-order chi connectivity index (χ1) is 8.20. The van der Waals surface area contributed by atoms with Gasteiger partial charge in [0.05, 0.1) is 9.21 Å². The number of carbonyl (C=O) groups is 1. The van der Waals surface area contributed by atoms with Crippen molar-refractivity contribution >= 4 is 28.8 Å². The number of thiophene rings is 1. The summed E-state index contributed by atoms with van der Waals surface area (Å²) in [5.74, 6) is 0.801. The van der Waals surface area contributed by atoms with Crippen LogP contribution >= 0.6 is 22.9 Å². The van der Waals surface area contributed by atoms with Crippen molar-refractivity contribution in [2.45, 2.75) is 18.9 Å². The zero-order chi connectivity index (χ0) is 11.8. The monoisotopic (exact) mass is 270 g/mol. The Hall–Kier alpha value is -0.580. The van der Waals surface area contributed by atoms with Gasteiger partial charge in [0, 0.05) is 19.1 Å². The van der Waals surface area contributed by atoms with Gasteiger partial charge in [-0.2, -0.15) is 0 Å². The molecule has 17 heavy (non-hydrogen) atoms. The summed E-state index contributed by atoms with van der Waals surface area (Å²) in [4.78, 5) is 15.1. The highest BCUT2D eigenvalue weighted by atomic mass is 35.5. The van der Waals surface area contributed by atoms with Crippen molar-refractivity contribution in [3.8, 4) is 0 Å². The number of nitrogens with one attached hydrogen (secondary N) is 1. The minimum atomic E-state index is 0.0226. The lowest BCUT2D eigenvalue weighted by atomic mass is 9.97. The van der Waals surface area contributed by atoms with E-state index < -0.39 is 0 Å². The van der Waals surface area contributed by atoms with Crippen LogP contribution in [0.1, 0.15) is 22.5 Å².